The highest BCUT2D eigenvalue weighted by Crippen LogP contribution is 2.25. The van der Waals surface area contributed by atoms with Crippen LogP contribution in [0.1, 0.15) is 24.8 Å². The Morgan fingerprint density at radius 2 is 2.21 bits per heavy atom. The number of anilines is 1. The molecular formula is C13H20N2O2S2. The molecule has 1 aliphatic heterocycles. The van der Waals surface area contributed by atoms with Crippen molar-refractivity contribution in [3.8, 4) is 0 Å². The van der Waals surface area contributed by atoms with Crippen molar-refractivity contribution in [1.29, 1.82) is 0 Å². The normalized spacial score (nSPS) is 20.4. The maximum atomic E-state index is 12.3. The van der Waals surface area contributed by atoms with Crippen molar-refractivity contribution < 1.29 is 8.42 Å². The number of thioether (sulfide) groups is 1. The van der Waals surface area contributed by atoms with Crippen molar-refractivity contribution >= 4 is 27.5 Å². The molecule has 1 aromatic rings. The van der Waals surface area contributed by atoms with E-state index in [0.717, 1.165) is 17.7 Å². The molecule has 4 nitrogen and oxygen atoms in total. The summed E-state index contributed by atoms with van der Waals surface area (Å²) in [4.78, 5) is 0.285. The van der Waals surface area contributed by atoms with Gasteiger partial charge in [-0.2, -0.15) is 11.8 Å². The third-order valence-corrected chi connectivity index (χ3v) is 6.24. The summed E-state index contributed by atoms with van der Waals surface area (Å²) in [6.45, 7) is 2.28. The van der Waals surface area contributed by atoms with E-state index in [9.17, 15) is 8.42 Å². The molecule has 1 fully saturated rings. The Kier molecular flexibility index (Phi) is 4.76. The summed E-state index contributed by atoms with van der Waals surface area (Å²) in [6.07, 6.45) is 3.52. The van der Waals surface area contributed by atoms with Gasteiger partial charge in [0.15, 0.2) is 0 Å². The predicted molar refractivity (Wildman–Crippen MR) is 80.9 cm³/mol. The maximum Gasteiger partial charge on any atom is 0.240 e. The second-order valence-electron chi connectivity index (χ2n) is 4.87. The first kappa shape index (κ1) is 14.7. The molecule has 1 heterocycles. The Morgan fingerprint density at radius 3 is 2.89 bits per heavy atom. The van der Waals surface area contributed by atoms with Crippen molar-refractivity contribution in [1.82, 2.24) is 4.72 Å². The lowest BCUT2D eigenvalue weighted by molar-refractivity contribution is 0.573. The van der Waals surface area contributed by atoms with Gasteiger partial charge in [-0.15, -0.1) is 0 Å². The molecule has 106 valence electrons. The van der Waals surface area contributed by atoms with Gasteiger partial charge in [-0.1, -0.05) is 12.5 Å². The Balaban J connectivity index is 2.07. The SMILES string of the molecule is Cc1ccc(N)cc1S(=O)(=O)NCC1CCCCS1. The van der Waals surface area contributed by atoms with Gasteiger partial charge in [0.05, 0.1) is 4.90 Å². The number of sulfonamides is 1. The van der Waals surface area contributed by atoms with Crippen molar-refractivity contribution in [3.05, 3.63) is 23.8 Å². The van der Waals surface area contributed by atoms with E-state index in [0.29, 0.717) is 17.5 Å². The fraction of sp³-hybridized carbons (Fsp3) is 0.538. The van der Waals surface area contributed by atoms with Crippen molar-refractivity contribution in [2.75, 3.05) is 18.0 Å². The smallest absolute Gasteiger partial charge is 0.240 e. The molecule has 0 saturated carbocycles. The largest absolute Gasteiger partial charge is 0.399 e. The van der Waals surface area contributed by atoms with Gasteiger partial charge in [0.1, 0.15) is 0 Å². The van der Waals surface area contributed by atoms with E-state index in [1.807, 2.05) is 11.8 Å². The van der Waals surface area contributed by atoms with E-state index in [1.54, 1.807) is 19.1 Å². The first-order valence-electron chi connectivity index (χ1n) is 6.46. The van der Waals surface area contributed by atoms with Gasteiger partial charge in [0.2, 0.25) is 10.0 Å². The van der Waals surface area contributed by atoms with Crippen molar-refractivity contribution in [2.45, 2.75) is 36.3 Å². The van der Waals surface area contributed by atoms with E-state index in [-0.39, 0.29) is 4.90 Å². The molecule has 0 spiro atoms. The van der Waals surface area contributed by atoms with E-state index in [2.05, 4.69) is 4.72 Å². The number of aryl methyl sites for hydroxylation is 1. The number of nitrogens with one attached hydrogen (secondary N) is 1. The topological polar surface area (TPSA) is 72.2 Å². The number of hydrogen-bond donors (Lipinski definition) is 2. The second kappa shape index (κ2) is 6.15. The lowest BCUT2D eigenvalue weighted by atomic mass is 10.2. The Hall–Kier alpha value is -0.720. The third kappa shape index (κ3) is 3.87. The molecule has 1 atom stereocenters. The zero-order chi connectivity index (χ0) is 13.9. The highest BCUT2D eigenvalue weighted by Gasteiger charge is 2.20. The summed E-state index contributed by atoms with van der Waals surface area (Å²) in [7, 11) is -3.46. The molecular weight excluding hydrogens is 280 g/mol. The summed E-state index contributed by atoms with van der Waals surface area (Å²) >= 11 is 1.85. The van der Waals surface area contributed by atoms with Gasteiger partial charge in [0.25, 0.3) is 0 Å². The lowest BCUT2D eigenvalue weighted by Gasteiger charge is -2.21. The first-order valence-corrected chi connectivity index (χ1v) is 8.99. The molecule has 1 aromatic carbocycles. The van der Waals surface area contributed by atoms with Crippen molar-refractivity contribution in [3.63, 3.8) is 0 Å². The molecule has 1 aliphatic rings. The fourth-order valence-electron chi connectivity index (χ4n) is 2.15. The quantitative estimate of drug-likeness (QED) is 0.836. The van der Waals surface area contributed by atoms with Gasteiger partial charge in [-0.3, -0.25) is 0 Å². The van der Waals surface area contributed by atoms with E-state index in [1.165, 1.54) is 18.9 Å². The number of nitrogen functional groups attached to an aromatic ring is 1. The van der Waals surface area contributed by atoms with Crippen LogP contribution in [0.5, 0.6) is 0 Å². The molecule has 0 bridgehead atoms. The average molecular weight is 300 g/mol. The van der Waals surface area contributed by atoms with Crippen LogP contribution in [0.15, 0.2) is 23.1 Å². The van der Waals surface area contributed by atoms with Crippen LogP contribution in [0.4, 0.5) is 5.69 Å². The molecule has 1 saturated heterocycles. The minimum atomic E-state index is -3.46. The van der Waals surface area contributed by atoms with Crippen LogP contribution < -0.4 is 10.5 Å². The molecule has 0 amide bonds. The number of rotatable bonds is 4. The van der Waals surface area contributed by atoms with Crippen LogP contribution >= 0.6 is 11.8 Å². The van der Waals surface area contributed by atoms with E-state index < -0.39 is 10.0 Å². The van der Waals surface area contributed by atoms with Crippen molar-refractivity contribution in [2.24, 2.45) is 0 Å². The Morgan fingerprint density at radius 1 is 1.42 bits per heavy atom. The fourth-order valence-corrected chi connectivity index (χ4v) is 4.86. The maximum absolute atomic E-state index is 12.3. The molecule has 1 unspecified atom stereocenters. The summed E-state index contributed by atoms with van der Waals surface area (Å²) in [6, 6.07) is 4.97. The summed E-state index contributed by atoms with van der Waals surface area (Å²) in [5.41, 5.74) is 6.86. The van der Waals surface area contributed by atoms with Gasteiger partial charge in [0, 0.05) is 17.5 Å². The van der Waals surface area contributed by atoms with E-state index in [4.69, 9.17) is 5.73 Å². The van der Waals surface area contributed by atoms with Crippen LogP contribution in [-0.4, -0.2) is 26.0 Å². The highest BCUT2D eigenvalue weighted by molar-refractivity contribution is 8.00. The van der Waals surface area contributed by atoms with Crippen LogP contribution in [0.2, 0.25) is 0 Å². The Labute approximate surface area is 119 Å². The van der Waals surface area contributed by atoms with Gasteiger partial charge >= 0.3 is 0 Å². The summed E-state index contributed by atoms with van der Waals surface area (Å²) in [5.74, 6) is 1.13. The highest BCUT2D eigenvalue weighted by atomic mass is 32.2. The van der Waals surface area contributed by atoms with Crippen LogP contribution in [-0.2, 0) is 10.0 Å². The minimum absolute atomic E-state index is 0.285. The van der Waals surface area contributed by atoms with Crippen LogP contribution in [0.3, 0.4) is 0 Å². The number of hydrogen-bond acceptors (Lipinski definition) is 4. The molecule has 0 aromatic heterocycles. The average Bonchev–Trinajstić information content (AvgIpc) is 2.40. The third-order valence-electron chi connectivity index (χ3n) is 3.28. The molecule has 19 heavy (non-hydrogen) atoms. The predicted octanol–water partition coefficient (Wildman–Crippen LogP) is 2.14. The van der Waals surface area contributed by atoms with Crippen LogP contribution in [0.25, 0.3) is 0 Å². The lowest BCUT2D eigenvalue weighted by Crippen LogP contribution is -2.32. The van der Waals surface area contributed by atoms with Gasteiger partial charge in [-0.25, -0.2) is 13.1 Å². The molecule has 0 aliphatic carbocycles. The van der Waals surface area contributed by atoms with Gasteiger partial charge in [-0.05, 0) is 43.2 Å². The monoisotopic (exact) mass is 300 g/mol. The number of benzene rings is 1. The second-order valence-corrected chi connectivity index (χ2v) is 8.01. The zero-order valence-electron chi connectivity index (χ0n) is 11.1. The molecule has 0 radical (unpaired) electrons. The zero-order valence-corrected chi connectivity index (χ0v) is 12.7. The molecule has 3 N–H and O–H groups in total. The number of nitrogens with two attached hydrogens (primary N) is 1. The van der Waals surface area contributed by atoms with E-state index >= 15 is 0 Å². The molecule has 2 rings (SSSR count). The standard InChI is InChI=1S/C13H20N2O2S2/c1-10-5-6-11(14)8-13(10)19(16,17)15-9-12-4-2-3-7-18-12/h5-6,8,12,15H,2-4,7,9,14H2,1H3. The van der Waals surface area contributed by atoms with Crippen LogP contribution in [0, 0.1) is 6.92 Å². The summed E-state index contributed by atoms with van der Waals surface area (Å²) < 4.78 is 27.3. The minimum Gasteiger partial charge on any atom is -0.399 e. The van der Waals surface area contributed by atoms with Gasteiger partial charge < -0.3 is 5.73 Å². The summed E-state index contributed by atoms with van der Waals surface area (Å²) in [5, 5.41) is 0.393. The Bertz CT molecular complexity index is 538. The molecule has 6 heteroatoms. The first-order chi connectivity index (χ1) is 8.99.